The number of carbonyl (C=O) groups excluding carboxylic acids is 1. The molecular formula is C33H24BrF3N2O3. The van der Waals surface area contributed by atoms with Crippen LogP contribution in [0.4, 0.5) is 13.2 Å². The van der Waals surface area contributed by atoms with Crippen LogP contribution in [0, 0.1) is 6.92 Å². The zero-order valence-corrected chi connectivity index (χ0v) is 23.9. The summed E-state index contributed by atoms with van der Waals surface area (Å²) in [7, 11) is 0. The van der Waals surface area contributed by atoms with E-state index in [0.29, 0.717) is 17.0 Å². The van der Waals surface area contributed by atoms with E-state index in [-0.39, 0.29) is 34.9 Å². The molecule has 4 aromatic carbocycles. The van der Waals surface area contributed by atoms with Crippen molar-refractivity contribution in [2.45, 2.75) is 25.7 Å². The van der Waals surface area contributed by atoms with Gasteiger partial charge in [0.2, 0.25) is 5.78 Å². The number of nitrogens with zero attached hydrogens (tertiary/aromatic N) is 2. The van der Waals surface area contributed by atoms with Gasteiger partial charge in [-0.2, -0.15) is 13.2 Å². The van der Waals surface area contributed by atoms with Gasteiger partial charge < -0.3 is 21.4 Å². The van der Waals surface area contributed by atoms with Crippen LogP contribution >= 0.6 is 0 Å². The summed E-state index contributed by atoms with van der Waals surface area (Å²) >= 11 is 0. The van der Waals surface area contributed by atoms with Crippen LogP contribution in [0.1, 0.15) is 38.9 Å². The van der Waals surface area contributed by atoms with Crippen molar-refractivity contribution in [3.63, 3.8) is 0 Å². The molecule has 0 fully saturated rings. The Labute approximate surface area is 249 Å². The number of ketones is 1. The minimum absolute atomic E-state index is 0. The molecule has 9 heteroatoms. The second kappa shape index (κ2) is 11.4. The third kappa shape index (κ3) is 5.27. The highest BCUT2D eigenvalue weighted by Gasteiger charge is 2.34. The quantitative estimate of drug-likeness (QED) is 0.159. The Bertz CT molecular complexity index is 1960. The third-order valence-electron chi connectivity index (χ3n) is 7.34. The molecule has 6 rings (SSSR count). The van der Waals surface area contributed by atoms with Gasteiger partial charge in [0.1, 0.15) is 5.58 Å². The lowest BCUT2D eigenvalue weighted by atomic mass is 9.98. The van der Waals surface area contributed by atoms with Crippen LogP contribution in [0.5, 0.6) is 0 Å². The number of rotatable bonds is 6. The van der Waals surface area contributed by atoms with Crippen LogP contribution in [-0.4, -0.2) is 10.4 Å². The molecule has 0 aliphatic rings. The number of halogens is 4. The van der Waals surface area contributed by atoms with E-state index in [1.807, 2.05) is 88.9 Å². The lowest BCUT2D eigenvalue weighted by molar-refractivity contribution is -0.664. The van der Waals surface area contributed by atoms with E-state index in [9.17, 15) is 22.8 Å². The maximum atomic E-state index is 13.4. The van der Waals surface area contributed by atoms with Crippen LogP contribution in [0.25, 0.3) is 22.0 Å². The van der Waals surface area contributed by atoms with E-state index in [1.165, 1.54) is 12.1 Å². The lowest BCUT2D eigenvalue weighted by Crippen LogP contribution is -3.00. The second-order valence-electron chi connectivity index (χ2n) is 9.83. The first kappa shape index (κ1) is 29.0. The monoisotopic (exact) mass is 632 g/mol. The molecular weight excluding hydrogens is 609 g/mol. The molecule has 0 saturated heterocycles. The predicted molar refractivity (Wildman–Crippen MR) is 149 cm³/mol. The van der Waals surface area contributed by atoms with Crippen molar-refractivity contribution in [3.05, 3.63) is 148 Å². The van der Waals surface area contributed by atoms with Crippen LogP contribution in [0.15, 0.2) is 118 Å². The molecule has 0 bridgehead atoms. The van der Waals surface area contributed by atoms with E-state index < -0.39 is 23.4 Å². The number of hydrogen-bond donors (Lipinski definition) is 0. The van der Waals surface area contributed by atoms with Crippen molar-refractivity contribution in [2.75, 3.05) is 0 Å². The molecule has 0 N–H and O–H groups in total. The Morgan fingerprint density at radius 1 is 0.881 bits per heavy atom. The van der Waals surface area contributed by atoms with Crippen LogP contribution in [0.3, 0.4) is 0 Å². The predicted octanol–water partition coefficient (Wildman–Crippen LogP) is 3.89. The summed E-state index contributed by atoms with van der Waals surface area (Å²) in [5, 5.41) is 0.780. The van der Waals surface area contributed by atoms with Gasteiger partial charge >= 0.3 is 11.8 Å². The van der Waals surface area contributed by atoms with E-state index in [0.717, 1.165) is 34.1 Å². The number of carbonyl (C=O) groups is 1. The molecule has 0 spiro atoms. The largest absolute Gasteiger partial charge is 1.00 e. The Balaban J connectivity index is 0.00000353. The zero-order chi connectivity index (χ0) is 28.7. The summed E-state index contributed by atoms with van der Waals surface area (Å²) in [6.45, 7) is 1.76. The number of Topliss-reactive ketones (excluding diaryl/α,β-unsaturated/α-hetero) is 1. The first-order valence-electron chi connectivity index (χ1n) is 13.0. The molecule has 212 valence electrons. The normalized spacial score (nSPS) is 12.3. The average molecular weight is 633 g/mol. The molecule has 6 aromatic rings. The zero-order valence-electron chi connectivity index (χ0n) is 22.3. The van der Waals surface area contributed by atoms with Crippen LogP contribution in [-0.2, 0) is 12.7 Å². The Morgan fingerprint density at radius 3 is 2.24 bits per heavy atom. The summed E-state index contributed by atoms with van der Waals surface area (Å²) in [6, 6.07) is 29.9. The fourth-order valence-corrected chi connectivity index (χ4v) is 5.35. The van der Waals surface area contributed by atoms with Gasteiger partial charge in [0.05, 0.1) is 11.1 Å². The summed E-state index contributed by atoms with van der Waals surface area (Å²) in [5.41, 5.74) is 2.19. The maximum absolute atomic E-state index is 13.4. The molecule has 0 aliphatic heterocycles. The molecule has 0 saturated carbocycles. The number of aromatic nitrogens is 2. The second-order valence-corrected chi connectivity index (χ2v) is 9.83. The van der Waals surface area contributed by atoms with Gasteiger partial charge in [-0.15, -0.1) is 0 Å². The molecule has 0 amide bonds. The van der Waals surface area contributed by atoms with Crippen molar-refractivity contribution in [1.29, 1.82) is 0 Å². The summed E-state index contributed by atoms with van der Waals surface area (Å²) in [6.07, 6.45) is -4.48. The number of alkyl halides is 3. The van der Waals surface area contributed by atoms with Crippen LogP contribution in [0.2, 0.25) is 0 Å². The molecule has 5 nitrogen and oxygen atoms in total. The highest BCUT2D eigenvalue weighted by molar-refractivity contribution is 5.95. The Morgan fingerprint density at radius 2 is 1.52 bits per heavy atom. The van der Waals surface area contributed by atoms with Crippen molar-refractivity contribution < 1.29 is 43.9 Å². The molecule has 0 aliphatic carbocycles. The van der Waals surface area contributed by atoms with Gasteiger partial charge in [-0.3, -0.25) is 4.79 Å². The van der Waals surface area contributed by atoms with E-state index in [2.05, 4.69) is 0 Å². The standard InChI is InChI=1S/C33H24F3N2O3.BrH/c1-21-37(20-29(39)22-15-17-25(18-16-22)33(34,35)36)27-12-6-7-13-28(27)38(21)31(23-9-3-2-4-10-23)26-19-24-11-5-8-14-30(24)41-32(26)40;/h2-19,31H,20H2,1H3;1H/q+1;/p-1. The minimum Gasteiger partial charge on any atom is -1.00 e. The smallest absolute Gasteiger partial charge is 0.416 e. The topological polar surface area (TPSA) is 56.1 Å². The summed E-state index contributed by atoms with van der Waals surface area (Å²) in [4.78, 5) is 26.7. The highest BCUT2D eigenvalue weighted by Crippen LogP contribution is 2.32. The van der Waals surface area contributed by atoms with Crippen molar-refractivity contribution in [1.82, 2.24) is 4.57 Å². The number of fused-ring (bicyclic) bond motifs is 2. The van der Waals surface area contributed by atoms with E-state index in [4.69, 9.17) is 4.42 Å². The number of benzene rings is 4. The molecule has 2 aromatic heterocycles. The minimum atomic E-state index is -4.48. The van der Waals surface area contributed by atoms with Gasteiger partial charge in [0.25, 0.3) is 5.82 Å². The number of hydrogen-bond acceptors (Lipinski definition) is 3. The van der Waals surface area contributed by atoms with E-state index >= 15 is 0 Å². The Kier molecular flexibility index (Phi) is 7.88. The van der Waals surface area contributed by atoms with Gasteiger partial charge in [-0.25, -0.2) is 13.9 Å². The Hall–Kier alpha value is -4.50. The van der Waals surface area contributed by atoms with Crippen LogP contribution < -0.4 is 27.2 Å². The molecule has 1 atom stereocenters. The van der Waals surface area contributed by atoms with Gasteiger partial charge in [0.15, 0.2) is 23.6 Å². The van der Waals surface area contributed by atoms with Gasteiger partial charge in [-0.05, 0) is 36.4 Å². The molecule has 1 unspecified atom stereocenters. The van der Waals surface area contributed by atoms with E-state index in [1.54, 1.807) is 12.1 Å². The van der Waals surface area contributed by atoms with Gasteiger partial charge in [-0.1, -0.05) is 72.8 Å². The first-order chi connectivity index (χ1) is 19.7. The highest BCUT2D eigenvalue weighted by atomic mass is 79.9. The average Bonchev–Trinajstić information content (AvgIpc) is 3.24. The number of para-hydroxylation sites is 3. The fourth-order valence-electron chi connectivity index (χ4n) is 5.35. The summed E-state index contributed by atoms with van der Waals surface area (Å²) in [5.74, 6) is 0.351. The molecule has 0 radical (unpaired) electrons. The fraction of sp³-hybridized carbons (Fsp3) is 0.121. The SMILES string of the molecule is Cc1n(C(c2ccccc2)c2cc3ccccc3oc2=O)c2ccccc2[n+]1CC(=O)c1ccc(C(F)(F)F)cc1.[Br-]. The summed E-state index contributed by atoms with van der Waals surface area (Å²) < 4.78 is 48.7. The first-order valence-corrected chi connectivity index (χ1v) is 13.0. The van der Waals surface area contributed by atoms with Crippen molar-refractivity contribution in [3.8, 4) is 0 Å². The molecule has 2 heterocycles. The van der Waals surface area contributed by atoms with Gasteiger partial charge in [0, 0.05) is 23.4 Å². The lowest BCUT2D eigenvalue weighted by Gasteiger charge is -2.16. The maximum Gasteiger partial charge on any atom is 0.416 e. The third-order valence-corrected chi connectivity index (χ3v) is 7.34. The number of imidazole rings is 1. The van der Waals surface area contributed by atoms with Crippen molar-refractivity contribution >= 4 is 27.8 Å². The van der Waals surface area contributed by atoms with Crippen molar-refractivity contribution in [2.24, 2.45) is 0 Å². The molecule has 42 heavy (non-hydrogen) atoms.